The van der Waals surface area contributed by atoms with E-state index in [1.54, 1.807) is 6.07 Å². The van der Waals surface area contributed by atoms with Gasteiger partial charge in [-0.25, -0.2) is 9.37 Å². The number of halogens is 3. The molecule has 20 heavy (non-hydrogen) atoms. The molecule has 0 radical (unpaired) electrons. The van der Waals surface area contributed by atoms with Gasteiger partial charge in [0, 0.05) is 12.1 Å². The Morgan fingerprint density at radius 3 is 2.70 bits per heavy atom. The van der Waals surface area contributed by atoms with E-state index in [1.807, 2.05) is 6.92 Å². The average Bonchev–Trinajstić information content (AvgIpc) is 2.75. The van der Waals surface area contributed by atoms with Crippen LogP contribution in [0.1, 0.15) is 57.3 Å². The smallest absolute Gasteiger partial charge is 0.139 e. The standard InChI is InChI=1S/C15H19BrClFN2/c1-4-5-6-9(2)20-14-7-11(16)12(18)8-13(14)19-15(20)10(3)17/h7-10H,4-6H2,1-3H3. The maximum Gasteiger partial charge on any atom is 0.139 e. The zero-order valence-corrected chi connectivity index (χ0v) is 14.3. The van der Waals surface area contributed by atoms with Gasteiger partial charge in [0.25, 0.3) is 0 Å². The average molecular weight is 362 g/mol. The number of aromatic nitrogens is 2. The molecule has 2 atom stereocenters. The van der Waals surface area contributed by atoms with E-state index in [0.717, 1.165) is 30.6 Å². The quantitative estimate of drug-likeness (QED) is 0.598. The Morgan fingerprint density at radius 2 is 2.10 bits per heavy atom. The van der Waals surface area contributed by atoms with Gasteiger partial charge in [0.15, 0.2) is 0 Å². The third-order valence-electron chi connectivity index (χ3n) is 3.53. The first-order chi connectivity index (χ1) is 9.45. The van der Waals surface area contributed by atoms with Gasteiger partial charge in [-0.1, -0.05) is 19.8 Å². The van der Waals surface area contributed by atoms with Gasteiger partial charge >= 0.3 is 0 Å². The second-order valence-electron chi connectivity index (χ2n) is 5.20. The molecule has 0 aliphatic heterocycles. The SMILES string of the molecule is CCCCC(C)n1c(C(C)Cl)nc2cc(F)c(Br)cc21. The highest BCUT2D eigenvalue weighted by Crippen LogP contribution is 2.32. The maximum absolute atomic E-state index is 13.7. The monoisotopic (exact) mass is 360 g/mol. The molecular weight excluding hydrogens is 343 g/mol. The van der Waals surface area contributed by atoms with Gasteiger partial charge in [0.05, 0.1) is 20.9 Å². The highest BCUT2D eigenvalue weighted by molar-refractivity contribution is 9.10. The van der Waals surface area contributed by atoms with E-state index >= 15 is 0 Å². The van der Waals surface area contributed by atoms with Gasteiger partial charge < -0.3 is 4.57 Å². The number of alkyl halides is 1. The molecule has 110 valence electrons. The second kappa shape index (κ2) is 6.44. The van der Waals surface area contributed by atoms with Crippen molar-refractivity contribution in [3.63, 3.8) is 0 Å². The van der Waals surface area contributed by atoms with Crippen LogP contribution in [0.25, 0.3) is 11.0 Å². The highest BCUT2D eigenvalue weighted by atomic mass is 79.9. The lowest BCUT2D eigenvalue weighted by Crippen LogP contribution is -2.10. The van der Waals surface area contributed by atoms with Crippen LogP contribution in [0.3, 0.4) is 0 Å². The van der Waals surface area contributed by atoms with E-state index in [0.29, 0.717) is 16.0 Å². The van der Waals surface area contributed by atoms with Crippen LogP contribution in [-0.4, -0.2) is 9.55 Å². The van der Waals surface area contributed by atoms with Crippen LogP contribution in [0.15, 0.2) is 16.6 Å². The fourth-order valence-corrected chi connectivity index (χ4v) is 2.97. The maximum atomic E-state index is 13.7. The Balaban J connectivity index is 2.58. The van der Waals surface area contributed by atoms with Crippen molar-refractivity contribution in [1.29, 1.82) is 0 Å². The molecule has 0 amide bonds. The van der Waals surface area contributed by atoms with Crippen molar-refractivity contribution in [3.05, 3.63) is 28.2 Å². The molecular formula is C15H19BrClFN2. The molecule has 0 fully saturated rings. The van der Waals surface area contributed by atoms with Crippen LogP contribution in [0, 0.1) is 5.82 Å². The molecule has 2 nitrogen and oxygen atoms in total. The minimum Gasteiger partial charge on any atom is -0.324 e. The number of rotatable bonds is 5. The van der Waals surface area contributed by atoms with E-state index in [2.05, 4.69) is 39.3 Å². The topological polar surface area (TPSA) is 17.8 Å². The van der Waals surface area contributed by atoms with Crippen LogP contribution in [0.4, 0.5) is 4.39 Å². The summed E-state index contributed by atoms with van der Waals surface area (Å²) >= 11 is 9.50. The molecule has 1 heterocycles. The minimum atomic E-state index is -0.294. The van der Waals surface area contributed by atoms with Crippen molar-refractivity contribution in [2.75, 3.05) is 0 Å². The molecule has 0 N–H and O–H groups in total. The summed E-state index contributed by atoms with van der Waals surface area (Å²) in [6.07, 6.45) is 3.37. The van der Waals surface area contributed by atoms with E-state index in [1.165, 1.54) is 6.07 Å². The lowest BCUT2D eigenvalue weighted by Gasteiger charge is -2.18. The number of hydrogen-bond donors (Lipinski definition) is 0. The van der Waals surface area contributed by atoms with Crippen LogP contribution in [0.5, 0.6) is 0 Å². The zero-order chi connectivity index (χ0) is 14.9. The minimum absolute atomic E-state index is 0.201. The van der Waals surface area contributed by atoms with E-state index in [-0.39, 0.29) is 11.2 Å². The fourth-order valence-electron chi connectivity index (χ4n) is 2.48. The molecule has 2 unspecified atom stereocenters. The normalized spacial score (nSPS) is 14.7. The molecule has 0 bridgehead atoms. The predicted molar refractivity (Wildman–Crippen MR) is 85.9 cm³/mol. The molecule has 0 saturated carbocycles. The van der Waals surface area contributed by atoms with Crippen molar-refractivity contribution in [3.8, 4) is 0 Å². The lowest BCUT2D eigenvalue weighted by molar-refractivity contribution is 0.480. The number of fused-ring (bicyclic) bond motifs is 1. The number of benzene rings is 1. The van der Waals surface area contributed by atoms with Crippen molar-refractivity contribution in [2.24, 2.45) is 0 Å². The van der Waals surface area contributed by atoms with Crippen LogP contribution < -0.4 is 0 Å². The molecule has 0 aliphatic carbocycles. The van der Waals surface area contributed by atoms with Crippen LogP contribution in [-0.2, 0) is 0 Å². The molecule has 0 saturated heterocycles. The molecule has 2 aromatic rings. The summed E-state index contributed by atoms with van der Waals surface area (Å²) in [4.78, 5) is 4.51. The Morgan fingerprint density at radius 1 is 1.40 bits per heavy atom. The lowest BCUT2D eigenvalue weighted by atomic mass is 10.1. The summed E-state index contributed by atoms with van der Waals surface area (Å²) in [6, 6.07) is 3.56. The summed E-state index contributed by atoms with van der Waals surface area (Å²) in [7, 11) is 0. The van der Waals surface area contributed by atoms with Crippen molar-refractivity contribution < 1.29 is 4.39 Å². The molecule has 1 aromatic heterocycles. The van der Waals surface area contributed by atoms with Gasteiger partial charge in [-0.15, -0.1) is 11.6 Å². The third-order valence-corrected chi connectivity index (χ3v) is 4.33. The van der Waals surface area contributed by atoms with Gasteiger partial charge in [-0.2, -0.15) is 0 Å². The van der Waals surface area contributed by atoms with Gasteiger partial charge in [0.2, 0.25) is 0 Å². The first-order valence-electron chi connectivity index (χ1n) is 6.96. The number of hydrogen-bond acceptors (Lipinski definition) is 1. The van der Waals surface area contributed by atoms with Crippen LogP contribution >= 0.6 is 27.5 Å². The van der Waals surface area contributed by atoms with Gasteiger partial charge in [-0.3, -0.25) is 0 Å². The Bertz CT molecular complexity index is 609. The number of imidazole rings is 1. The summed E-state index contributed by atoms with van der Waals surface area (Å²) in [5.41, 5.74) is 1.60. The van der Waals surface area contributed by atoms with Gasteiger partial charge in [-0.05, 0) is 42.3 Å². The third kappa shape index (κ3) is 3.01. The number of nitrogens with zero attached hydrogens (tertiary/aromatic N) is 2. The molecule has 5 heteroatoms. The van der Waals surface area contributed by atoms with E-state index in [4.69, 9.17) is 11.6 Å². The van der Waals surface area contributed by atoms with E-state index < -0.39 is 0 Å². The molecule has 1 aromatic carbocycles. The molecule has 0 aliphatic rings. The predicted octanol–water partition coefficient (Wildman–Crippen LogP) is 5.99. The highest BCUT2D eigenvalue weighted by Gasteiger charge is 2.20. The van der Waals surface area contributed by atoms with Crippen molar-refractivity contribution in [2.45, 2.75) is 51.5 Å². The molecule has 2 rings (SSSR count). The van der Waals surface area contributed by atoms with Crippen LogP contribution in [0.2, 0.25) is 0 Å². The summed E-state index contributed by atoms with van der Waals surface area (Å²) in [6.45, 7) is 6.24. The van der Waals surface area contributed by atoms with E-state index in [9.17, 15) is 4.39 Å². The molecule has 0 spiro atoms. The summed E-state index contributed by atoms with van der Waals surface area (Å²) in [5.74, 6) is 0.514. The second-order valence-corrected chi connectivity index (χ2v) is 6.71. The summed E-state index contributed by atoms with van der Waals surface area (Å²) in [5, 5.41) is -0.201. The first kappa shape index (κ1) is 15.8. The van der Waals surface area contributed by atoms with Crippen molar-refractivity contribution in [1.82, 2.24) is 9.55 Å². The number of unbranched alkanes of at least 4 members (excludes halogenated alkanes) is 1. The van der Waals surface area contributed by atoms with Gasteiger partial charge in [0.1, 0.15) is 11.6 Å². The fraction of sp³-hybridized carbons (Fsp3) is 0.533. The Kier molecular flexibility index (Phi) is 5.08. The largest absolute Gasteiger partial charge is 0.324 e. The summed E-state index contributed by atoms with van der Waals surface area (Å²) < 4.78 is 16.3. The van der Waals surface area contributed by atoms with Crippen molar-refractivity contribution >= 4 is 38.6 Å². The Hall–Kier alpha value is -0.610. The first-order valence-corrected chi connectivity index (χ1v) is 8.19. The Labute approximate surface area is 132 Å². The zero-order valence-electron chi connectivity index (χ0n) is 12.0.